The number of aryl methyl sites for hydroxylation is 1. The number of rotatable bonds is 6. The van der Waals surface area contributed by atoms with Crippen LogP contribution in [-0.2, 0) is 13.1 Å². The van der Waals surface area contributed by atoms with E-state index in [1.165, 1.54) is 25.7 Å². The Balaban J connectivity index is 1.32. The molecule has 2 aromatic heterocycles. The van der Waals surface area contributed by atoms with Gasteiger partial charge < -0.3 is 4.52 Å². The lowest BCUT2D eigenvalue weighted by atomic mass is 10.0. The van der Waals surface area contributed by atoms with Crippen molar-refractivity contribution in [2.45, 2.75) is 57.7 Å². The minimum atomic E-state index is 0.520. The fourth-order valence-electron chi connectivity index (χ4n) is 3.45. The predicted octanol–water partition coefficient (Wildman–Crippen LogP) is 2.14. The summed E-state index contributed by atoms with van der Waals surface area (Å²) >= 11 is 0. The van der Waals surface area contributed by atoms with Crippen molar-refractivity contribution in [3.8, 4) is 0 Å². The van der Waals surface area contributed by atoms with Gasteiger partial charge in [0.25, 0.3) is 0 Å². The molecule has 4 rings (SSSR count). The first kappa shape index (κ1) is 16.6. The molecule has 3 heterocycles. The van der Waals surface area contributed by atoms with E-state index >= 15 is 0 Å². The molecule has 1 atom stereocenters. The van der Waals surface area contributed by atoms with Gasteiger partial charge in [0.05, 0.1) is 17.9 Å². The van der Waals surface area contributed by atoms with Crippen LogP contribution < -0.4 is 0 Å². The molecule has 25 heavy (non-hydrogen) atoms. The second kappa shape index (κ2) is 7.17. The van der Waals surface area contributed by atoms with Crippen molar-refractivity contribution in [1.82, 2.24) is 29.9 Å². The lowest BCUT2D eigenvalue weighted by Gasteiger charge is -2.37. The molecule has 0 N–H and O–H groups in total. The first-order valence-electron chi connectivity index (χ1n) is 9.20. The van der Waals surface area contributed by atoms with E-state index in [4.69, 9.17) is 4.52 Å². The van der Waals surface area contributed by atoms with E-state index in [1.54, 1.807) is 0 Å². The molecule has 7 nitrogen and oxygen atoms in total. The molecular formula is C18H26N6O. The molecule has 134 valence electrons. The zero-order chi connectivity index (χ0) is 17.2. The van der Waals surface area contributed by atoms with Crippen molar-refractivity contribution in [1.29, 1.82) is 0 Å². The van der Waals surface area contributed by atoms with E-state index < -0.39 is 0 Å². The second-order valence-corrected chi connectivity index (χ2v) is 7.42. The van der Waals surface area contributed by atoms with Crippen molar-refractivity contribution in [3.63, 3.8) is 0 Å². The molecule has 1 saturated carbocycles. The summed E-state index contributed by atoms with van der Waals surface area (Å²) in [5.74, 6) is 2.19. The third-order valence-electron chi connectivity index (χ3n) is 5.13. The Labute approximate surface area is 148 Å². The summed E-state index contributed by atoms with van der Waals surface area (Å²) in [6.45, 7) is 5.71. The van der Waals surface area contributed by atoms with Crippen molar-refractivity contribution in [2.75, 3.05) is 20.1 Å². The van der Waals surface area contributed by atoms with Crippen molar-refractivity contribution in [2.24, 2.45) is 0 Å². The average molecular weight is 342 g/mol. The van der Waals surface area contributed by atoms with Gasteiger partial charge in [-0.15, -0.1) is 0 Å². The maximum atomic E-state index is 5.38. The van der Waals surface area contributed by atoms with Crippen LogP contribution in [-0.4, -0.2) is 56.1 Å². The third kappa shape index (κ3) is 4.22. The van der Waals surface area contributed by atoms with Crippen LogP contribution >= 0.6 is 0 Å². The number of likely N-dealkylation sites (N-methyl/N-ethyl adjacent to an activating group) is 1. The van der Waals surface area contributed by atoms with E-state index in [9.17, 15) is 0 Å². The van der Waals surface area contributed by atoms with Crippen LogP contribution in [0.1, 0.15) is 54.7 Å². The normalized spacial score (nSPS) is 21.8. The van der Waals surface area contributed by atoms with Gasteiger partial charge in [-0.25, -0.2) is 0 Å². The van der Waals surface area contributed by atoms with Crippen LogP contribution in [0.25, 0.3) is 0 Å². The van der Waals surface area contributed by atoms with Gasteiger partial charge >= 0.3 is 0 Å². The maximum Gasteiger partial charge on any atom is 0.229 e. The highest BCUT2D eigenvalue weighted by molar-refractivity contribution is 5.02. The fraction of sp³-hybridized carbons (Fsp3) is 0.667. The molecule has 1 aliphatic heterocycles. The number of hydrogen-bond donors (Lipinski definition) is 0. The largest absolute Gasteiger partial charge is 0.339 e. The molecule has 2 aliphatic rings. The zero-order valence-corrected chi connectivity index (χ0v) is 15.1. The standard InChI is InChI=1S/C18H26N6O/c1-13-8-20-15(9-19-13)10-23(2)16-4-3-7-24(11-16)12-17-21-18(25-22-17)14-5-6-14/h8-9,14,16H,3-7,10-12H2,1-2H3/t16-/m0/s1. The van der Waals surface area contributed by atoms with Gasteiger partial charge in [0, 0.05) is 37.4 Å². The first-order chi connectivity index (χ1) is 12.2. The monoisotopic (exact) mass is 342 g/mol. The van der Waals surface area contributed by atoms with Crippen LogP contribution in [0.5, 0.6) is 0 Å². The summed E-state index contributed by atoms with van der Waals surface area (Å²) < 4.78 is 5.38. The molecule has 0 aromatic carbocycles. The number of nitrogens with zero attached hydrogens (tertiary/aromatic N) is 6. The molecular weight excluding hydrogens is 316 g/mol. The van der Waals surface area contributed by atoms with E-state index in [0.717, 1.165) is 49.3 Å². The average Bonchev–Trinajstić information content (AvgIpc) is 3.37. The topological polar surface area (TPSA) is 71.2 Å². The SMILES string of the molecule is Cc1cnc(CN(C)[C@H]2CCCN(Cc3noc(C4CC4)n3)C2)cn1. The summed E-state index contributed by atoms with van der Waals surface area (Å²) in [6, 6.07) is 0.520. The highest BCUT2D eigenvalue weighted by Gasteiger charge is 2.30. The lowest BCUT2D eigenvalue weighted by molar-refractivity contribution is 0.104. The van der Waals surface area contributed by atoms with Crippen LogP contribution in [0.15, 0.2) is 16.9 Å². The second-order valence-electron chi connectivity index (χ2n) is 7.42. The van der Waals surface area contributed by atoms with Crippen LogP contribution in [0.3, 0.4) is 0 Å². The van der Waals surface area contributed by atoms with E-state index in [0.29, 0.717) is 12.0 Å². The smallest absolute Gasteiger partial charge is 0.229 e. The number of likely N-dealkylation sites (tertiary alicyclic amines) is 1. The first-order valence-corrected chi connectivity index (χ1v) is 9.20. The molecule has 1 saturated heterocycles. The number of piperidine rings is 1. The van der Waals surface area contributed by atoms with Gasteiger partial charge in [-0.1, -0.05) is 5.16 Å². The Hall–Kier alpha value is -1.86. The molecule has 2 fully saturated rings. The van der Waals surface area contributed by atoms with E-state index in [1.807, 2.05) is 19.3 Å². The number of aromatic nitrogens is 4. The van der Waals surface area contributed by atoms with Crippen molar-refractivity contribution < 1.29 is 4.52 Å². The molecule has 2 aromatic rings. The van der Waals surface area contributed by atoms with Crippen LogP contribution in [0, 0.1) is 6.92 Å². The van der Waals surface area contributed by atoms with E-state index in [-0.39, 0.29) is 0 Å². The summed E-state index contributed by atoms with van der Waals surface area (Å²) in [5, 5.41) is 4.16. The van der Waals surface area contributed by atoms with Crippen molar-refractivity contribution >= 4 is 0 Å². The molecule has 0 radical (unpaired) electrons. The summed E-state index contributed by atoms with van der Waals surface area (Å²) in [6.07, 6.45) is 8.52. The van der Waals surface area contributed by atoms with Gasteiger partial charge in [0.1, 0.15) is 0 Å². The quantitative estimate of drug-likeness (QED) is 0.796. The maximum absolute atomic E-state index is 5.38. The molecule has 0 spiro atoms. The lowest BCUT2D eigenvalue weighted by Crippen LogP contribution is -2.46. The Bertz CT molecular complexity index is 696. The van der Waals surface area contributed by atoms with Gasteiger partial charge in [-0.2, -0.15) is 4.98 Å². The van der Waals surface area contributed by atoms with Crippen LogP contribution in [0.2, 0.25) is 0 Å². The Morgan fingerprint density at radius 2 is 2.12 bits per heavy atom. The summed E-state index contributed by atoms with van der Waals surface area (Å²) in [5.41, 5.74) is 1.98. The molecule has 1 aliphatic carbocycles. The molecule has 0 bridgehead atoms. The van der Waals surface area contributed by atoms with Crippen LogP contribution in [0.4, 0.5) is 0 Å². The summed E-state index contributed by atoms with van der Waals surface area (Å²) in [4.78, 5) is 18.2. The summed E-state index contributed by atoms with van der Waals surface area (Å²) in [7, 11) is 2.18. The minimum Gasteiger partial charge on any atom is -0.339 e. The highest BCUT2D eigenvalue weighted by Crippen LogP contribution is 2.38. The Morgan fingerprint density at radius 1 is 1.24 bits per heavy atom. The zero-order valence-electron chi connectivity index (χ0n) is 15.1. The minimum absolute atomic E-state index is 0.520. The fourth-order valence-corrected chi connectivity index (χ4v) is 3.45. The Morgan fingerprint density at radius 3 is 2.88 bits per heavy atom. The van der Waals surface area contributed by atoms with Crippen molar-refractivity contribution in [3.05, 3.63) is 35.5 Å². The number of hydrogen-bond acceptors (Lipinski definition) is 7. The van der Waals surface area contributed by atoms with Gasteiger partial charge in [0.15, 0.2) is 5.82 Å². The van der Waals surface area contributed by atoms with Gasteiger partial charge in [0.2, 0.25) is 5.89 Å². The predicted molar refractivity (Wildman–Crippen MR) is 92.8 cm³/mol. The molecule has 0 unspecified atom stereocenters. The molecule has 7 heteroatoms. The van der Waals surface area contributed by atoms with E-state index in [2.05, 4.69) is 37.0 Å². The third-order valence-corrected chi connectivity index (χ3v) is 5.13. The van der Waals surface area contributed by atoms with Gasteiger partial charge in [-0.3, -0.25) is 19.8 Å². The Kier molecular flexibility index (Phi) is 4.76. The highest BCUT2D eigenvalue weighted by atomic mass is 16.5. The van der Waals surface area contributed by atoms with Gasteiger partial charge in [-0.05, 0) is 46.2 Å². The molecule has 0 amide bonds.